The normalized spacial score (nSPS) is 13.1. The van der Waals surface area contributed by atoms with E-state index in [4.69, 9.17) is 15.2 Å². The molecule has 2 N–H and O–H groups in total. The Bertz CT molecular complexity index is 2050. The molecule has 0 aliphatic rings. The predicted octanol–water partition coefficient (Wildman–Crippen LogP) is 8.71. The van der Waals surface area contributed by atoms with Gasteiger partial charge in [-0.1, -0.05) is 60.7 Å². The first kappa shape index (κ1) is 41.5. The number of pyridine rings is 2. The maximum absolute atomic E-state index is 12.8. The van der Waals surface area contributed by atoms with Gasteiger partial charge in [0.05, 0.1) is 16.6 Å². The van der Waals surface area contributed by atoms with Gasteiger partial charge in [0, 0.05) is 60.9 Å². The van der Waals surface area contributed by atoms with Gasteiger partial charge in [0.15, 0.2) is 0 Å². The molecule has 0 saturated heterocycles. The van der Waals surface area contributed by atoms with E-state index in [9.17, 15) is 35.9 Å². The number of aliphatic imine (C=N–C) groups is 1. The molecule has 0 aliphatic carbocycles. The molecule has 2 atom stereocenters. The maximum atomic E-state index is 12.8. The lowest BCUT2D eigenvalue weighted by Gasteiger charge is -2.23. The van der Waals surface area contributed by atoms with Gasteiger partial charge in [0.1, 0.15) is 24.0 Å². The van der Waals surface area contributed by atoms with Crippen molar-refractivity contribution in [3.05, 3.63) is 119 Å². The SMILES string of the molecule is CC(C)(C)OC(=O)C(CCC(F)(F)F)N=C(c1ccccc1)c1ccccc1.Cn1c(=O)c2cnccc2c2ccc(OCC(N)CCC(F)(F)F)cc21. The highest BCUT2D eigenvalue weighted by Crippen LogP contribution is 2.28. The minimum Gasteiger partial charge on any atom is -0.492 e. The molecule has 14 heteroatoms. The molecular weight excluding hydrogens is 714 g/mol. The Kier molecular flexibility index (Phi) is 13.6. The van der Waals surface area contributed by atoms with Crippen molar-refractivity contribution in [1.29, 1.82) is 0 Å². The van der Waals surface area contributed by atoms with Gasteiger partial charge in [-0.15, -0.1) is 0 Å². The molecule has 0 amide bonds. The molecule has 0 bridgehead atoms. The standard InChI is InChI=1S/C22H24F3NO2.C18H18F3N3O2/c1-21(2,3)28-20(27)18(14-15-22(23,24)25)26-19(16-10-6-4-7-11-16)17-12-8-5-9-13-17;1-24-16-8-12(26-10-11(22)4-6-18(19,20)21)2-3-14(16)13-5-7-23-9-15(13)17(24)25/h4-13,18H,14-15H2,1-3H3;2-3,5,7-9,11H,4,6,10,22H2,1H3. The summed E-state index contributed by atoms with van der Waals surface area (Å²) in [7, 11) is 1.65. The van der Waals surface area contributed by atoms with Crippen LogP contribution in [-0.4, -0.2) is 57.9 Å². The van der Waals surface area contributed by atoms with Gasteiger partial charge < -0.3 is 19.8 Å². The second kappa shape index (κ2) is 17.7. The number of carbonyl (C=O) groups is 1. The molecule has 0 spiro atoms. The number of benzene rings is 3. The summed E-state index contributed by atoms with van der Waals surface area (Å²) in [5.74, 6) is -0.315. The molecule has 0 fully saturated rings. The Hall–Kier alpha value is -5.24. The quantitative estimate of drug-likeness (QED) is 0.0626. The van der Waals surface area contributed by atoms with Crippen molar-refractivity contribution in [3.63, 3.8) is 0 Å². The highest BCUT2D eigenvalue weighted by atomic mass is 19.4. The van der Waals surface area contributed by atoms with Crippen LogP contribution >= 0.6 is 0 Å². The summed E-state index contributed by atoms with van der Waals surface area (Å²) in [6.45, 7) is 4.98. The van der Waals surface area contributed by atoms with Gasteiger partial charge in [-0.2, -0.15) is 26.3 Å². The smallest absolute Gasteiger partial charge is 0.389 e. The molecule has 2 heterocycles. The van der Waals surface area contributed by atoms with Crippen molar-refractivity contribution in [3.8, 4) is 5.75 Å². The van der Waals surface area contributed by atoms with Crippen molar-refractivity contribution in [2.45, 2.75) is 76.5 Å². The lowest BCUT2D eigenvalue weighted by molar-refractivity contribution is -0.159. The molecule has 3 aromatic carbocycles. The number of aromatic nitrogens is 2. The van der Waals surface area contributed by atoms with Crippen LogP contribution in [0, 0.1) is 0 Å². The number of nitrogens with zero attached hydrogens (tertiary/aromatic N) is 3. The van der Waals surface area contributed by atoms with E-state index in [1.165, 1.54) is 10.8 Å². The number of hydrogen-bond donors (Lipinski definition) is 1. The fraction of sp³-hybridized carbons (Fsp3) is 0.350. The lowest BCUT2D eigenvalue weighted by atomic mass is 10.0. The van der Waals surface area contributed by atoms with E-state index in [0.29, 0.717) is 33.5 Å². The van der Waals surface area contributed by atoms with E-state index < -0.39 is 55.3 Å². The second-order valence-corrected chi connectivity index (χ2v) is 13.6. The lowest BCUT2D eigenvalue weighted by Crippen LogP contribution is -2.32. The zero-order chi connectivity index (χ0) is 39.7. The minimum atomic E-state index is -4.38. The predicted molar refractivity (Wildman–Crippen MR) is 197 cm³/mol. The number of esters is 1. The van der Waals surface area contributed by atoms with E-state index in [1.807, 2.05) is 66.7 Å². The molecule has 0 saturated carbocycles. The Labute approximate surface area is 308 Å². The summed E-state index contributed by atoms with van der Waals surface area (Å²) in [6, 6.07) is 23.1. The van der Waals surface area contributed by atoms with Crippen molar-refractivity contribution in [1.82, 2.24) is 9.55 Å². The molecule has 2 unspecified atom stereocenters. The molecular formula is C40H42F6N4O4. The summed E-state index contributed by atoms with van der Waals surface area (Å²) in [6.07, 6.45) is -8.19. The molecule has 5 aromatic rings. The number of alkyl halides is 6. The number of halogens is 6. The van der Waals surface area contributed by atoms with Crippen LogP contribution in [-0.2, 0) is 16.6 Å². The number of carbonyl (C=O) groups excluding carboxylic acids is 1. The van der Waals surface area contributed by atoms with Crippen molar-refractivity contribution < 1.29 is 40.6 Å². The Balaban J connectivity index is 0.000000241. The van der Waals surface area contributed by atoms with Crippen LogP contribution in [0.15, 0.2) is 107 Å². The zero-order valence-corrected chi connectivity index (χ0v) is 30.2. The average Bonchev–Trinajstić information content (AvgIpc) is 3.11. The number of nitrogens with two attached hydrogens (primary N) is 1. The molecule has 5 rings (SSSR count). The monoisotopic (exact) mass is 756 g/mol. The first-order chi connectivity index (χ1) is 25.3. The molecule has 0 radical (unpaired) electrons. The molecule has 54 heavy (non-hydrogen) atoms. The van der Waals surface area contributed by atoms with E-state index in [2.05, 4.69) is 9.98 Å². The Morgan fingerprint density at radius 1 is 0.815 bits per heavy atom. The second-order valence-electron chi connectivity index (χ2n) is 13.6. The van der Waals surface area contributed by atoms with Crippen LogP contribution in [0.1, 0.15) is 57.6 Å². The number of fused-ring (bicyclic) bond motifs is 3. The molecule has 288 valence electrons. The minimum absolute atomic E-state index is 0.0347. The van der Waals surface area contributed by atoms with Crippen LogP contribution in [0.25, 0.3) is 21.7 Å². The average molecular weight is 757 g/mol. The number of aryl methyl sites for hydroxylation is 1. The van der Waals surface area contributed by atoms with Gasteiger partial charge in [-0.3, -0.25) is 14.8 Å². The van der Waals surface area contributed by atoms with Crippen LogP contribution in [0.5, 0.6) is 5.75 Å². The summed E-state index contributed by atoms with van der Waals surface area (Å²) in [5.41, 5.74) is 7.24. The van der Waals surface area contributed by atoms with Crippen LogP contribution < -0.4 is 16.0 Å². The van der Waals surface area contributed by atoms with E-state index in [0.717, 1.165) is 10.8 Å². The van der Waals surface area contributed by atoms with Gasteiger partial charge >= 0.3 is 18.3 Å². The third kappa shape index (κ3) is 12.4. The third-order valence-corrected chi connectivity index (χ3v) is 8.00. The van der Waals surface area contributed by atoms with Gasteiger partial charge in [-0.05, 0) is 57.2 Å². The van der Waals surface area contributed by atoms with E-state index in [1.54, 1.807) is 52.2 Å². The number of ether oxygens (including phenoxy) is 2. The van der Waals surface area contributed by atoms with Crippen LogP contribution in [0.2, 0.25) is 0 Å². The highest BCUT2D eigenvalue weighted by Gasteiger charge is 2.33. The maximum Gasteiger partial charge on any atom is 0.389 e. The Morgan fingerprint density at radius 3 is 1.94 bits per heavy atom. The summed E-state index contributed by atoms with van der Waals surface area (Å²) >= 11 is 0. The van der Waals surface area contributed by atoms with E-state index in [-0.39, 0.29) is 18.6 Å². The Morgan fingerprint density at radius 2 is 1.39 bits per heavy atom. The van der Waals surface area contributed by atoms with Crippen molar-refractivity contribution in [2.75, 3.05) is 6.61 Å². The number of rotatable bonds is 11. The topological polar surface area (TPSA) is 109 Å². The summed E-state index contributed by atoms with van der Waals surface area (Å²) in [4.78, 5) is 33.5. The number of hydrogen-bond acceptors (Lipinski definition) is 7. The van der Waals surface area contributed by atoms with Crippen molar-refractivity contribution >= 4 is 33.4 Å². The highest BCUT2D eigenvalue weighted by molar-refractivity contribution is 6.13. The largest absolute Gasteiger partial charge is 0.492 e. The van der Waals surface area contributed by atoms with Crippen LogP contribution in [0.3, 0.4) is 0 Å². The van der Waals surface area contributed by atoms with Gasteiger partial charge in [-0.25, -0.2) is 4.79 Å². The molecule has 2 aromatic heterocycles. The first-order valence-corrected chi connectivity index (χ1v) is 17.1. The van der Waals surface area contributed by atoms with Gasteiger partial charge in [0.2, 0.25) is 0 Å². The summed E-state index contributed by atoms with van der Waals surface area (Å²) < 4.78 is 87.4. The molecule has 8 nitrogen and oxygen atoms in total. The summed E-state index contributed by atoms with van der Waals surface area (Å²) in [5, 5.41) is 2.16. The fourth-order valence-corrected chi connectivity index (χ4v) is 5.40. The third-order valence-electron chi connectivity index (χ3n) is 8.00. The van der Waals surface area contributed by atoms with Crippen molar-refractivity contribution in [2.24, 2.45) is 17.8 Å². The molecule has 0 aliphatic heterocycles. The van der Waals surface area contributed by atoms with E-state index >= 15 is 0 Å². The first-order valence-electron chi connectivity index (χ1n) is 17.1. The van der Waals surface area contributed by atoms with Crippen LogP contribution in [0.4, 0.5) is 26.3 Å². The van der Waals surface area contributed by atoms with Gasteiger partial charge in [0.25, 0.3) is 5.56 Å². The fourth-order valence-electron chi connectivity index (χ4n) is 5.40. The zero-order valence-electron chi connectivity index (χ0n) is 30.2.